The molecule has 19 heavy (non-hydrogen) atoms. The Balaban J connectivity index is 1.65. The first-order chi connectivity index (χ1) is 9.33. The van der Waals surface area contributed by atoms with Gasteiger partial charge >= 0.3 is 0 Å². The fraction of sp³-hybridized carbons (Fsp3) is 0.312. The van der Waals surface area contributed by atoms with E-state index in [1.165, 1.54) is 12.0 Å². The smallest absolute Gasteiger partial charge is 0.0772 e. The molecule has 0 aliphatic carbocycles. The van der Waals surface area contributed by atoms with Gasteiger partial charge in [0.25, 0.3) is 0 Å². The highest BCUT2D eigenvalue weighted by atomic mass is 15.2. The van der Waals surface area contributed by atoms with Crippen molar-refractivity contribution in [3.8, 4) is 0 Å². The number of benzene rings is 1. The molecule has 1 unspecified atom stereocenters. The van der Waals surface area contributed by atoms with Gasteiger partial charge in [0.05, 0.1) is 11.4 Å². The predicted octanol–water partition coefficient (Wildman–Crippen LogP) is 2.65. The Morgan fingerprint density at radius 2 is 2.00 bits per heavy atom. The summed E-state index contributed by atoms with van der Waals surface area (Å²) < 4.78 is 0. The summed E-state index contributed by atoms with van der Waals surface area (Å²) in [6.07, 6.45) is 3.03. The van der Waals surface area contributed by atoms with E-state index in [9.17, 15) is 0 Å². The van der Waals surface area contributed by atoms with Crippen LogP contribution in [0, 0.1) is 0 Å². The highest BCUT2D eigenvalue weighted by Crippen LogP contribution is 2.28. The Morgan fingerprint density at radius 3 is 2.79 bits per heavy atom. The molecule has 1 atom stereocenters. The Labute approximate surface area is 114 Å². The molecule has 1 aromatic carbocycles. The van der Waals surface area contributed by atoms with E-state index >= 15 is 0 Å². The van der Waals surface area contributed by atoms with Gasteiger partial charge in [0.2, 0.25) is 0 Å². The fourth-order valence-electron chi connectivity index (χ4n) is 2.77. The average molecular weight is 253 g/mol. The van der Waals surface area contributed by atoms with Crippen LogP contribution >= 0.6 is 0 Å². The zero-order chi connectivity index (χ0) is 13.1. The van der Waals surface area contributed by atoms with Crippen LogP contribution in [0.4, 0.5) is 5.69 Å². The maximum atomic E-state index is 5.96. The van der Waals surface area contributed by atoms with Gasteiger partial charge in [-0.05, 0) is 36.6 Å². The SMILES string of the molecule is Nc1cccnc1CN1CCC(c2ccccc2)C1. The molecule has 3 rings (SSSR count). The second kappa shape index (κ2) is 5.41. The lowest BCUT2D eigenvalue weighted by Gasteiger charge is -2.16. The van der Waals surface area contributed by atoms with Crippen molar-refractivity contribution in [1.82, 2.24) is 9.88 Å². The molecule has 1 aromatic heterocycles. The third kappa shape index (κ3) is 2.76. The van der Waals surface area contributed by atoms with Crippen LogP contribution in [0.2, 0.25) is 0 Å². The van der Waals surface area contributed by atoms with Crippen molar-refractivity contribution >= 4 is 5.69 Å². The van der Waals surface area contributed by atoms with E-state index in [2.05, 4.69) is 40.2 Å². The van der Waals surface area contributed by atoms with Crippen molar-refractivity contribution in [2.45, 2.75) is 18.9 Å². The maximum absolute atomic E-state index is 5.96. The molecule has 3 nitrogen and oxygen atoms in total. The minimum atomic E-state index is 0.645. The van der Waals surface area contributed by atoms with Gasteiger partial charge in [-0.2, -0.15) is 0 Å². The van der Waals surface area contributed by atoms with Crippen LogP contribution in [-0.4, -0.2) is 23.0 Å². The van der Waals surface area contributed by atoms with Crippen molar-refractivity contribution in [2.75, 3.05) is 18.8 Å². The lowest BCUT2D eigenvalue weighted by atomic mass is 9.99. The van der Waals surface area contributed by atoms with Crippen molar-refractivity contribution in [2.24, 2.45) is 0 Å². The monoisotopic (exact) mass is 253 g/mol. The van der Waals surface area contributed by atoms with E-state index < -0.39 is 0 Å². The van der Waals surface area contributed by atoms with Gasteiger partial charge in [-0.3, -0.25) is 9.88 Å². The normalized spacial score (nSPS) is 19.7. The molecule has 2 heterocycles. The van der Waals surface area contributed by atoms with Gasteiger partial charge in [0, 0.05) is 19.3 Å². The number of pyridine rings is 1. The van der Waals surface area contributed by atoms with E-state index in [0.29, 0.717) is 5.92 Å². The Bertz CT molecular complexity index is 539. The van der Waals surface area contributed by atoms with E-state index in [-0.39, 0.29) is 0 Å². The largest absolute Gasteiger partial charge is 0.397 e. The number of hydrogen-bond acceptors (Lipinski definition) is 3. The molecule has 0 bridgehead atoms. The molecule has 1 aliphatic rings. The summed E-state index contributed by atoms with van der Waals surface area (Å²) in [5.41, 5.74) is 9.19. The molecule has 1 saturated heterocycles. The third-order valence-corrected chi connectivity index (χ3v) is 3.84. The number of nitrogens with zero attached hydrogens (tertiary/aromatic N) is 2. The number of likely N-dealkylation sites (tertiary alicyclic amines) is 1. The minimum Gasteiger partial charge on any atom is -0.397 e. The van der Waals surface area contributed by atoms with Crippen LogP contribution in [0.15, 0.2) is 48.7 Å². The average Bonchev–Trinajstić information content (AvgIpc) is 2.91. The summed E-state index contributed by atoms with van der Waals surface area (Å²) in [7, 11) is 0. The van der Waals surface area contributed by atoms with Crippen molar-refractivity contribution in [1.29, 1.82) is 0 Å². The van der Waals surface area contributed by atoms with Crippen LogP contribution in [-0.2, 0) is 6.54 Å². The Morgan fingerprint density at radius 1 is 1.16 bits per heavy atom. The van der Waals surface area contributed by atoms with E-state index in [1.807, 2.05) is 18.3 Å². The molecule has 98 valence electrons. The number of anilines is 1. The molecule has 0 radical (unpaired) electrons. The minimum absolute atomic E-state index is 0.645. The van der Waals surface area contributed by atoms with Crippen LogP contribution in [0.1, 0.15) is 23.6 Å². The van der Waals surface area contributed by atoms with Gasteiger partial charge in [0.15, 0.2) is 0 Å². The number of aromatic nitrogens is 1. The number of nitrogen functional groups attached to an aromatic ring is 1. The first-order valence-corrected chi connectivity index (χ1v) is 6.79. The Hall–Kier alpha value is -1.87. The summed E-state index contributed by atoms with van der Waals surface area (Å²) in [6.45, 7) is 3.08. The van der Waals surface area contributed by atoms with Crippen molar-refractivity contribution in [3.05, 3.63) is 59.9 Å². The molecule has 1 aliphatic heterocycles. The molecular formula is C16H19N3. The zero-order valence-electron chi connectivity index (χ0n) is 11.0. The quantitative estimate of drug-likeness (QED) is 0.914. The second-order valence-electron chi connectivity index (χ2n) is 5.17. The number of rotatable bonds is 3. The van der Waals surface area contributed by atoms with Crippen LogP contribution < -0.4 is 5.73 Å². The third-order valence-electron chi connectivity index (χ3n) is 3.84. The van der Waals surface area contributed by atoms with Crippen LogP contribution in [0.3, 0.4) is 0 Å². The summed E-state index contributed by atoms with van der Waals surface area (Å²) in [6, 6.07) is 14.6. The van der Waals surface area contributed by atoms with Crippen LogP contribution in [0.5, 0.6) is 0 Å². The molecule has 2 aromatic rings. The van der Waals surface area contributed by atoms with E-state index in [1.54, 1.807) is 0 Å². The standard InChI is InChI=1S/C16H19N3/c17-15-7-4-9-18-16(15)12-19-10-8-14(11-19)13-5-2-1-3-6-13/h1-7,9,14H,8,10-12,17H2. The van der Waals surface area contributed by atoms with Gasteiger partial charge in [-0.25, -0.2) is 0 Å². The summed E-state index contributed by atoms with van der Waals surface area (Å²) in [5, 5.41) is 0. The van der Waals surface area contributed by atoms with Gasteiger partial charge in [-0.1, -0.05) is 30.3 Å². The number of nitrogens with two attached hydrogens (primary N) is 1. The maximum Gasteiger partial charge on any atom is 0.0772 e. The molecule has 2 N–H and O–H groups in total. The fourth-order valence-corrected chi connectivity index (χ4v) is 2.77. The molecule has 0 spiro atoms. The van der Waals surface area contributed by atoms with Crippen molar-refractivity contribution < 1.29 is 0 Å². The van der Waals surface area contributed by atoms with E-state index in [4.69, 9.17) is 5.73 Å². The molecule has 0 amide bonds. The highest BCUT2D eigenvalue weighted by Gasteiger charge is 2.24. The summed E-state index contributed by atoms with van der Waals surface area (Å²) in [4.78, 5) is 6.81. The predicted molar refractivity (Wildman–Crippen MR) is 77.7 cm³/mol. The van der Waals surface area contributed by atoms with E-state index in [0.717, 1.165) is 31.0 Å². The van der Waals surface area contributed by atoms with Gasteiger partial charge in [-0.15, -0.1) is 0 Å². The van der Waals surface area contributed by atoms with Crippen LogP contribution in [0.25, 0.3) is 0 Å². The lowest BCUT2D eigenvalue weighted by Crippen LogP contribution is -2.21. The molecule has 0 saturated carbocycles. The molecule has 1 fully saturated rings. The molecular weight excluding hydrogens is 234 g/mol. The zero-order valence-corrected chi connectivity index (χ0v) is 11.0. The first kappa shape index (κ1) is 12.2. The topological polar surface area (TPSA) is 42.1 Å². The first-order valence-electron chi connectivity index (χ1n) is 6.79. The lowest BCUT2D eigenvalue weighted by molar-refractivity contribution is 0.323. The highest BCUT2D eigenvalue weighted by molar-refractivity contribution is 5.41. The molecule has 3 heteroatoms. The number of hydrogen-bond donors (Lipinski definition) is 1. The van der Waals surface area contributed by atoms with Crippen molar-refractivity contribution in [3.63, 3.8) is 0 Å². The van der Waals surface area contributed by atoms with Gasteiger partial charge in [0.1, 0.15) is 0 Å². The summed E-state index contributed by atoms with van der Waals surface area (Å²) in [5.74, 6) is 0.645. The summed E-state index contributed by atoms with van der Waals surface area (Å²) >= 11 is 0. The Kier molecular flexibility index (Phi) is 3.47. The second-order valence-corrected chi connectivity index (χ2v) is 5.17. The van der Waals surface area contributed by atoms with Gasteiger partial charge < -0.3 is 5.73 Å².